The fourth-order valence-corrected chi connectivity index (χ4v) is 5.24. The number of allylic oxidation sites excluding steroid dienone is 2. The molecule has 23 heavy (non-hydrogen) atoms. The van der Waals surface area contributed by atoms with E-state index in [-0.39, 0.29) is 40.9 Å². The van der Waals surface area contributed by atoms with Crippen LogP contribution in [0.15, 0.2) is 36.4 Å². The van der Waals surface area contributed by atoms with Gasteiger partial charge in [-0.15, -0.1) is 0 Å². The molecule has 118 valence electrons. The Hall–Kier alpha value is -2.10. The molecule has 4 aliphatic rings. The van der Waals surface area contributed by atoms with Gasteiger partial charge in [0.1, 0.15) is 5.75 Å². The van der Waals surface area contributed by atoms with Crippen LogP contribution in [0, 0.1) is 29.1 Å². The van der Waals surface area contributed by atoms with E-state index in [1.807, 2.05) is 31.2 Å². The van der Waals surface area contributed by atoms with Gasteiger partial charge in [0.25, 0.3) is 0 Å². The molecule has 0 radical (unpaired) electrons. The lowest BCUT2D eigenvalue weighted by atomic mass is 9.85. The van der Waals surface area contributed by atoms with Crippen molar-refractivity contribution in [2.75, 3.05) is 11.5 Å². The van der Waals surface area contributed by atoms with E-state index in [0.717, 1.165) is 0 Å². The van der Waals surface area contributed by atoms with Gasteiger partial charge in [-0.25, -0.2) is 4.90 Å². The number of fused-ring (bicyclic) bond motifs is 3. The largest absolute Gasteiger partial charge is 0.492 e. The zero-order valence-corrected chi connectivity index (χ0v) is 13.1. The molecule has 1 saturated heterocycles. The van der Waals surface area contributed by atoms with Crippen molar-refractivity contribution in [3.05, 3.63) is 36.4 Å². The molecule has 1 aromatic carbocycles. The van der Waals surface area contributed by atoms with E-state index >= 15 is 0 Å². The number of para-hydroxylation sites is 2. The molecule has 0 N–H and O–H groups in total. The fourth-order valence-electron chi connectivity index (χ4n) is 5.24. The molecule has 4 nitrogen and oxygen atoms in total. The number of nitrogens with zero attached hydrogens (tertiary/aromatic N) is 1. The summed E-state index contributed by atoms with van der Waals surface area (Å²) in [7, 11) is 0. The van der Waals surface area contributed by atoms with Crippen LogP contribution in [0.5, 0.6) is 5.75 Å². The third kappa shape index (κ3) is 1.47. The lowest BCUT2D eigenvalue weighted by Crippen LogP contribution is -2.35. The normalized spacial score (nSPS) is 35.3. The van der Waals surface area contributed by atoms with Crippen molar-refractivity contribution in [3.8, 4) is 5.75 Å². The van der Waals surface area contributed by atoms with Crippen LogP contribution in [-0.2, 0) is 9.59 Å². The third-order valence-electron chi connectivity index (χ3n) is 6.26. The number of hydrogen-bond acceptors (Lipinski definition) is 3. The highest BCUT2D eigenvalue weighted by molar-refractivity contribution is 6.23. The highest BCUT2D eigenvalue weighted by atomic mass is 16.5. The monoisotopic (exact) mass is 309 g/mol. The minimum absolute atomic E-state index is 0.0321. The molecule has 1 heterocycles. The van der Waals surface area contributed by atoms with Crippen LogP contribution >= 0.6 is 0 Å². The molecule has 0 unspecified atom stereocenters. The molecule has 0 aromatic heterocycles. The Morgan fingerprint density at radius 1 is 1.09 bits per heavy atom. The SMILES string of the molecule is CCOc1ccccc1N1C(=O)[C@@H]2[C@H](C1=O)[C@H]1C=C[C@H]2C12CC2. The van der Waals surface area contributed by atoms with Gasteiger partial charge in [0.15, 0.2) is 0 Å². The maximum atomic E-state index is 13.1. The van der Waals surface area contributed by atoms with Gasteiger partial charge in [-0.2, -0.15) is 0 Å². The molecule has 4 atom stereocenters. The quantitative estimate of drug-likeness (QED) is 0.637. The maximum absolute atomic E-state index is 13.1. The van der Waals surface area contributed by atoms with Gasteiger partial charge >= 0.3 is 0 Å². The Labute approximate surface area is 135 Å². The smallest absolute Gasteiger partial charge is 0.238 e. The molecular weight excluding hydrogens is 290 g/mol. The second-order valence-corrected chi connectivity index (χ2v) is 7.13. The first-order valence-corrected chi connectivity index (χ1v) is 8.47. The summed E-state index contributed by atoms with van der Waals surface area (Å²) in [5.74, 6) is 0.754. The Morgan fingerprint density at radius 3 is 2.26 bits per heavy atom. The van der Waals surface area contributed by atoms with Crippen LogP contribution in [-0.4, -0.2) is 18.4 Å². The van der Waals surface area contributed by atoms with Crippen LogP contribution in [0.4, 0.5) is 5.69 Å². The second-order valence-electron chi connectivity index (χ2n) is 7.13. The zero-order valence-electron chi connectivity index (χ0n) is 13.1. The molecule has 1 spiro atoms. The van der Waals surface area contributed by atoms with Gasteiger partial charge < -0.3 is 4.74 Å². The molecule has 1 aromatic rings. The maximum Gasteiger partial charge on any atom is 0.238 e. The lowest BCUT2D eigenvalue weighted by Gasteiger charge is -2.23. The fraction of sp³-hybridized carbons (Fsp3) is 0.474. The van der Waals surface area contributed by atoms with Crippen LogP contribution in [0.25, 0.3) is 0 Å². The third-order valence-corrected chi connectivity index (χ3v) is 6.26. The molecule has 1 aliphatic heterocycles. The summed E-state index contributed by atoms with van der Waals surface area (Å²) < 4.78 is 5.63. The Morgan fingerprint density at radius 2 is 1.70 bits per heavy atom. The van der Waals surface area contributed by atoms with Crippen molar-refractivity contribution in [3.63, 3.8) is 0 Å². The van der Waals surface area contributed by atoms with Gasteiger partial charge in [-0.1, -0.05) is 24.3 Å². The first-order valence-electron chi connectivity index (χ1n) is 8.47. The standard InChI is InChI=1S/C19H19NO3/c1-2-23-14-6-4-3-5-13(14)20-17(21)15-11-7-8-12(16(15)18(20)22)19(11)9-10-19/h3-8,11-12,15-16H,2,9-10H2,1H3/t11-,12-,15-,16+/m1/s1. The van der Waals surface area contributed by atoms with E-state index in [2.05, 4.69) is 12.2 Å². The number of imide groups is 1. The van der Waals surface area contributed by atoms with E-state index in [4.69, 9.17) is 4.74 Å². The summed E-state index contributed by atoms with van der Waals surface area (Å²) in [4.78, 5) is 27.5. The molecule has 3 fully saturated rings. The number of ether oxygens (including phenoxy) is 1. The summed E-state index contributed by atoms with van der Waals surface area (Å²) in [6, 6.07) is 7.35. The topological polar surface area (TPSA) is 46.6 Å². The van der Waals surface area contributed by atoms with Crippen molar-refractivity contribution in [2.45, 2.75) is 19.8 Å². The lowest BCUT2D eigenvalue weighted by molar-refractivity contribution is -0.123. The van der Waals surface area contributed by atoms with Gasteiger partial charge in [0.2, 0.25) is 11.8 Å². The van der Waals surface area contributed by atoms with E-state index < -0.39 is 0 Å². The number of benzene rings is 1. The summed E-state index contributed by atoms with van der Waals surface area (Å²) >= 11 is 0. The Kier molecular flexibility index (Phi) is 2.47. The van der Waals surface area contributed by atoms with Crippen LogP contribution in [0.3, 0.4) is 0 Å². The number of rotatable bonds is 3. The number of carbonyl (C=O) groups excluding carboxylic acids is 2. The Bertz CT molecular complexity index is 715. The van der Waals surface area contributed by atoms with Crippen molar-refractivity contribution in [1.82, 2.24) is 0 Å². The first kappa shape index (κ1) is 13.3. The molecule has 4 heteroatoms. The summed E-state index contributed by atoms with van der Waals surface area (Å²) in [6.45, 7) is 2.41. The predicted molar refractivity (Wildman–Crippen MR) is 84.9 cm³/mol. The highest BCUT2D eigenvalue weighted by Crippen LogP contribution is 2.73. The molecule has 2 saturated carbocycles. The number of amides is 2. The van der Waals surface area contributed by atoms with E-state index in [1.165, 1.54) is 17.7 Å². The molecule has 2 amide bonds. The number of anilines is 1. The zero-order chi connectivity index (χ0) is 15.8. The predicted octanol–water partition coefficient (Wildman–Crippen LogP) is 2.79. The summed E-state index contributed by atoms with van der Waals surface area (Å²) in [6.07, 6.45) is 6.72. The summed E-state index contributed by atoms with van der Waals surface area (Å²) in [5.41, 5.74) is 0.842. The second kappa shape index (κ2) is 4.25. The average molecular weight is 309 g/mol. The van der Waals surface area contributed by atoms with Gasteiger partial charge in [-0.05, 0) is 49.1 Å². The molecular formula is C19H19NO3. The highest BCUT2D eigenvalue weighted by Gasteiger charge is 2.73. The minimum Gasteiger partial charge on any atom is -0.492 e. The van der Waals surface area contributed by atoms with Crippen LogP contribution < -0.4 is 9.64 Å². The van der Waals surface area contributed by atoms with Crippen molar-refractivity contribution < 1.29 is 14.3 Å². The van der Waals surface area contributed by atoms with E-state index in [0.29, 0.717) is 18.0 Å². The van der Waals surface area contributed by atoms with Gasteiger partial charge in [-0.3, -0.25) is 9.59 Å². The van der Waals surface area contributed by atoms with E-state index in [9.17, 15) is 9.59 Å². The minimum atomic E-state index is -0.158. The van der Waals surface area contributed by atoms with Crippen LogP contribution in [0.2, 0.25) is 0 Å². The van der Waals surface area contributed by atoms with Crippen molar-refractivity contribution >= 4 is 17.5 Å². The number of carbonyl (C=O) groups is 2. The summed E-state index contributed by atoms with van der Waals surface area (Å²) in [5, 5.41) is 0. The molecule has 2 bridgehead atoms. The molecule has 3 aliphatic carbocycles. The molecule has 5 rings (SSSR count). The van der Waals surface area contributed by atoms with Gasteiger partial charge in [0.05, 0.1) is 24.1 Å². The average Bonchev–Trinajstić information content (AvgIpc) is 3.15. The van der Waals surface area contributed by atoms with Gasteiger partial charge in [0, 0.05) is 0 Å². The Balaban J connectivity index is 1.56. The number of hydrogen-bond donors (Lipinski definition) is 0. The van der Waals surface area contributed by atoms with Crippen molar-refractivity contribution in [1.29, 1.82) is 0 Å². The van der Waals surface area contributed by atoms with Crippen molar-refractivity contribution in [2.24, 2.45) is 29.1 Å². The first-order chi connectivity index (χ1) is 11.2. The van der Waals surface area contributed by atoms with Crippen LogP contribution in [0.1, 0.15) is 19.8 Å². The van der Waals surface area contributed by atoms with E-state index in [1.54, 1.807) is 0 Å².